The highest BCUT2D eigenvalue weighted by atomic mass is 32.1. The Morgan fingerprint density at radius 3 is 3.06 bits per heavy atom. The number of nitrogens with one attached hydrogen (secondary N) is 1. The zero-order valence-corrected chi connectivity index (χ0v) is 10.6. The Balaban J connectivity index is 1.78. The summed E-state index contributed by atoms with van der Waals surface area (Å²) in [5.74, 6) is 0.925. The van der Waals surface area contributed by atoms with Crippen LogP contribution in [-0.4, -0.2) is 17.1 Å². The van der Waals surface area contributed by atoms with E-state index in [0.29, 0.717) is 5.54 Å². The molecule has 3 heteroatoms. The van der Waals surface area contributed by atoms with Crippen LogP contribution in [0.1, 0.15) is 43.5 Å². The van der Waals surface area contributed by atoms with E-state index in [1.54, 1.807) is 0 Å². The lowest BCUT2D eigenvalue weighted by atomic mass is 9.85. The first-order chi connectivity index (χ1) is 7.89. The van der Waals surface area contributed by atoms with Gasteiger partial charge in [-0.2, -0.15) is 0 Å². The molecule has 0 aromatic carbocycles. The van der Waals surface area contributed by atoms with Crippen LogP contribution in [0.5, 0.6) is 0 Å². The molecule has 1 aromatic heterocycles. The van der Waals surface area contributed by atoms with Crippen LogP contribution in [-0.2, 0) is 6.42 Å². The molecule has 1 aromatic rings. The average molecular weight is 236 g/mol. The standard InChI is InChI=1S/C13H20N2S/c1-2-6-13(11-4-5-11,15-7-3-1)10-12-14-8-9-16-12/h8-9,11,15H,1-7,10H2. The van der Waals surface area contributed by atoms with Crippen molar-refractivity contribution in [2.24, 2.45) is 5.92 Å². The van der Waals surface area contributed by atoms with Gasteiger partial charge in [0, 0.05) is 23.5 Å². The summed E-state index contributed by atoms with van der Waals surface area (Å²) in [7, 11) is 0. The molecule has 0 bridgehead atoms. The predicted molar refractivity (Wildman–Crippen MR) is 67.7 cm³/mol. The van der Waals surface area contributed by atoms with Gasteiger partial charge in [-0.3, -0.25) is 0 Å². The Morgan fingerprint density at radius 2 is 2.31 bits per heavy atom. The number of thiazole rings is 1. The van der Waals surface area contributed by atoms with Crippen molar-refractivity contribution in [2.45, 2.75) is 50.5 Å². The van der Waals surface area contributed by atoms with E-state index in [9.17, 15) is 0 Å². The van der Waals surface area contributed by atoms with E-state index in [2.05, 4.69) is 15.7 Å². The monoisotopic (exact) mass is 236 g/mol. The second-order valence-corrected chi connectivity index (χ2v) is 6.25. The summed E-state index contributed by atoms with van der Waals surface area (Å²) < 4.78 is 0. The molecule has 1 N–H and O–H groups in total. The van der Waals surface area contributed by atoms with Crippen LogP contribution in [0, 0.1) is 5.92 Å². The Labute approximate surface area is 101 Å². The minimum atomic E-state index is 0.397. The molecular weight excluding hydrogens is 216 g/mol. The average Bonchev–Trinajstić information content (AvgIpc) is 3.05. The van der Waals surface area contributed by atoms with Crippen LogP contribution >= 0.6 is 11.3 Å². The van der Waals surface area contributed by atoms with Crippen LogP contribution in [0.25, 0.3) is 0 Å². The Kier molecular flexibility index (Phi) is 2.99. The molecule has 1 unspecified atom stereocenters. The van der Waals surface area contributed by atoms with Gasteiger partial charge in [0.1, 0.15) is 0 Å². The molecule has 0 radical (unpaired) electrons. The maximum Gasteiger partial charge on any atom is 0.0943 e. The SMILES string of the molecule is c1csc(CC2(C3CC3)CCCCCN2)n1. The zero-order chi connectivity index (χ0) is 10.8. The van der Waals surface area contributed by atoms with E-state index in [0.717, 1.165) is 12.3 Å². The molecule has 0 amide bonds. The van der Waals surface area contributed by atoms with Crippen LogP contribution in [0.2, 0.25) is 0 Å². The van der Waals surface area contributed by atoms with E-state index >= 15 is 0 Å². The van der Waals surface area contributed by atoms with Gasteiger partial charge in [0.2, 0.25) is 0 Å². The van der Waals surface area contributed by atoms with E-state index < -0.39 is 0 Å². The summed E-state index contributed by atoms with van der Waals surface area (Å²) in [6.07, 6.45) is 11.5. The van der Waals surface area contributed by atoms with Crippen molar-refractivity contribution in [1.82, 2.24) is 10.3 Å². The molecule has 1 saturated carbocycles. The van der Waals surface area contributed by atoms with Crippen molar-refractivity contribution >= 4 is 11.3 Å². The molecule has 0 spiro atoms. The van der Waals surface area contributed by atoms with Gasteiger partial charge >= 0.3 is 0 Å². The number of rotatable bonds is 3. The van der Waals surface area contributed by atoms with Crippen molar-refractivity contribution in [1.29, 1.82) is 0 Å². The van der Waals surface area contributed by atoms with E-state index in [1.807, 2.05) is 17.5 Å². The van der Waals surface area contributed by atoms with Crippen molar-refractivity contribution in [2.75, 3.05) is 6.54 Å². The van der Waals surface area contributed by atoms with E-state index in [-0.39, 0.29) is 0 Å². The van der Waals surface area contributed by atoms with Crippen molar-refractivity contribution in [3.63, 3.8) is 0 Å². The molecule has 1 atom stereocenters. The molecule has 1 aliphatic heterocycles. The first kappa shape index (κ1) is 10.7. The minimum Gasteiger partial charge on any atom is -0.311 e. The number of nitrogens with zero attached hydrogens (tertiary/aromatic N) is 1. The maximum absolute atomic E-state index is 4.47. The van der Waals surface area contributed by atoms with Gasteiger partial charge in [-0.05, 0) is 38.1 Å². The van der Waals surface area contributed by atoms with E-state index in [4.69, 9.17) is 0 Å². The normalized spacial score (nSPS) is 31.2. The molecule has 2 nitrogen and oxygen atoms in total. The van der Waals surface area contributed by atoms with Gasteiger partial charge < -0.3 is 5.32 Å². The summed E-state index contributed by atoms with van der Waals surface area (Å²) >= 11 is 1.82. The fourth-order valence-electron chi connectivity index (χ4n) is 3.06. The smallest absolute Gasteiger partial charge is 0.0943 e. The summed E-state index contributed by atoms with van der Waals surface area (Å²) in [5, 5.41) is 7.29. The number of hydrogen-bond acceptors (Lipinski definition) is 3. The van der Waals surface area contributed by atoms with Gasteiger partial charge in [-0.25, -0.2) is 4.98 Å². The second kappa shape index (κ2) is 4.46. The zero-order valence-electron chi connectivity index (χ0n) is 9.74. The Hall–Kier alpha value is -0.410. The molecule has 2 heterocycles. The summed E-state index contributed by atoms with van der Waals surface area (Å²) in [6, 6.07) is 0. The van der Waals surface area contributed by atoms with Gasteiger partial charge in [0.15, 0.2) is 0 Å². The molecule has 16 heavy (non-hydrogen) atoms. The molecule has 1 aliphatic carbocycles. The fraction of sp³-hybridized carbons (Fsp3) is 0.769. The molecule has 1 saturated heterocycles. The molecule has 3 rings (SSSR count). The molecule has 88 valence electrons. The highest BCUT2D eigenvalue weighted by Gasteiger charge is 2.45. The lowest BCUT2D eigenvalue weighted by Gasteiger charge is -2.33. The minimum absolute atomic E-state index is 0.397. The van der Waals surface area contributed by atoms with Gasteiger partial charge in [-0.1, -0.05) is 12.8 Å². The topological polar surface area (TPSA) is 24.9 Å². The van der Waals surface area contributed by atoms with Gasteiger partial charge in [0.25, 0.3) is 0 Å². The van der Waals surface area contributed by atoms with Crippen molar-refractivity contribution < 1.29 is 0 Å². The lowest BCUT2D eigenvalue weighted by molar-refractivity contribution is 0.270. The van der Waals surface area contributed by atoms with Crippen LogP contribution in [0.3, 0.4) is 0 Å². The maximum atomic E-state index is 4.47. The Morgan fingerprint density at radius 1 is 1.38 bits per heavy atom. The van der Waals surface area contributed by atoms with Crippen molar-refractivity contribution in [3.8, 4) is 0 Å². The Bertz CT molecular complexity index is 322. The first-order valence-electron chi connectivity index (χ1n) is 6.52. The third-order valence-corrected chi connectivity index (χ3v) is 4.87. The van der Waals surface area contributed by atoms with Gasteiger partial charge in [-0.15, -0.1) is 11.3 Å². The lowest BCUT2D eigenvalue weighted by Crippen LogP contribution is -2.48. The highest BCUT2D eigenvalue weighted by molar-refractivity contribution is 7.09. The quantitative estimate of drug-likeness (QED) is 0.872. The third kappa shape index (κ3) is 2.16. The number of hydrogen-bond donors (Lipinski definition) is 1. The second-order valence-electron chi connectivity index (χ2n) is 5.27. The summed E-state index contributed by atoms with van der Waals surface area (Å²) in [5.41, 5.74) is 0.397. The van der Waals surface area contributed by atoms with Crippen LogP contribution < -0.4 is 5.32 Å². The number of aromatic nitrogens is 1. The summed E-state index contributed by atoms with van der Waals surface area (Å²) in [6.45, 7) is 1.21. The van der Waals surface area contributed by atoms with Crippen molar-refractivity contribution in [3.05, 3.63) is 16.6 Å². The van der Waals surface area contributed by atoms with Crippen LogP contribution in [0.15, 0.2) is 11.6 Å². The van der Waals surface area contributed by atoms with Crippen LogP contribution in [0.4, 0.5) is 0 Å². The molecular formula is C13H20N2S. The fourth-order valence-corrected chi connectivity index (χ4v) is 3.80. The summed E-state index contributed by atoms with van der Waals surface area (Å²) in [4.78, 5) is 4.47. The van der Waals surface area contributed by atoms with Gasteiger partial charge in [0.05, 0.1) is 5.01 Å². The third-order valence-electron chi connectivity index (χ3n) is 4.09. The predicted octanol–water partition coefficient (Wildman–Crippen LogP) is 3.00. The molecule has 2 fully saturated rings. The molecule has 2 aliphatic rings. The first-order valence-corrected chi connectivity index (χ1v) is 7.40. The largest absolute Gasteiger partial charge is 0.311 e. The van der Waals surface area contributed by atoms with E-state index in [1.165, 1.54) is 50.1 Å². The highest BCUT2D eigenvalue weighted by Crippen LogP contribution is 2.45.